The number of fused-ring (bicyclic) bond motifs is 1. The zero-order valence-electron chi connectivity index (χ0n) is 9.76. The SMILES string of the molecule is Nc1nc([C@@H]2OC[C@@H](O)[C@@H](O)[C@H]2O)nc2nc[nH]c12. The van der Waals surface area contributed by atoms with Gasteiger partial charge in [0, 0.05) is 0 Å². The van der Waals surface area contributed by atoms with Gasteiger partial charge in [0.15, 0.2) is 17.3 Å². The van der Waals surface area contributed by atoms with Gasteiger partial charge in [0.05, 0.1) is 12.9 Å². The molecular weight excluding hydrogens is 254 g/mol. The Balaban J connectivity index is 1.99. The van der Waals surface area contributed by atoms with Crippen molar-refractivity contribution in [3.8, 4) is 0 Å². The van der Waals surface area contributed by atoms with Crippen LogP contribution in [0.1, 0.15) is 11.9 Å². The number of imidazole rings is 1. The standard InChI is InChI=1S/C10H13N5O4/c11-8-4-9(13-2-12-4)15-10(14-8)7-6(18)5(17)3(16)1-19-7/h2-3,5-7,16-18H,1H2,(H3,11,12,13,14,15)/t3-,5-,6-,7-/m1/s1. The number of nitrogens with one attached hydrogen (secondary N) is 1. The molecule has 0 bridgehead atoms. The molecule has 0 spiro atoms. The van der Waals surface area contributed by atoms with Crippen molar-refractivity contribution in [1.29, 1.82) is 0 Å². The highest BCUT2D eigenvalue weighted by Crippen LogP contribution is 2.28. The summed E-state index contributed by atoms with van der Waals surface area (Å²) >= 11 is 0. The highest BCUT2D eigenvalue weighted by molar-refractivity contribution is 5.80. The van der Waals surface area contributed by atoms with E-state index in [-0.39, 0.29) is 18.2 Å². The monoisotopic (exact) mass is 267 g/mol. The number of nitrogens with zero attached hydrogens (tertiary/aromatic N) is 3. The number of hydrogen-bond donors (Lipinski definition) is 5. The molecule has 1 aliphatic heterocycles. The predicted octanol–water partition coefficient (Wildman–Crippen LogP) is -1.91. The van der Waals surface area contributed by atoms with Gasteiger partial charge in [0.25, 0.3) is 0 Å². The van der Waals surface area contributed by atoms with Gasteiger partial charge in [-0.2, -0.15) is 0 Å². The first-order valence-corrected chi connectivity index (χ1v) is 5.70. The minimum Gasteiger partial charge on any atom is -0.388 e. The van der Waals surface area contributed by atoms with Gasteiger partial charge in [0.2, 0.25) is 0 Å². The molecule has 1 aliphatic rings. The number of aliphatic hydroxyl groups is 3. The highest BCUT2D eigenvalue weighted by atomic mass is 16.5. The van der Waals surface area contributed by atoms with Crippen molar-refractivity contribution in [2.75, 3.05) is 12.3 Å². The maximum atomic E-state index is 9.89. The van der Waals surface area contributed by atoms with Crippen LogP contribution in [0.4, 0.5) is 5.82 Å². The van der Waals surface area contributed by atoms with Crippen LogP contribution in [0.3, 0.4) is 0 Å². The van der Waals surface area contributed by atoms with E-state index in [2.05, 4.69) is 19.9 Å². The van der Waals surface area contributed by atoms with E-state index >= 15 is 0 Å². The molecule has 9 nitrogen and oxygen atoms in total. The summed E-state index contributed by atoms with van der Waals surface area (Å²) in [5, 5.41) is 28.9. The van der Waals surface area contributed by atoms with Crippen LogP contribution in [0, 0.1) is 0 Å². The molecule has 3 rings (SSSR count). The second-order valence-electron chi connectivity index (χ2n) is 4.37. The van der Waals surface area contributed by atoms with Gasteiger partial charge in [-0.15, -0.1) is 0 Å². The zero-order chi connectivity index (χ0) is 13.6. The minimum absolute atomic E-state index is 0.120. The lowest BCUT2D eigenvalue weighted by molar-refractivity contribution is -0.191. The molecule has 4 atom stereocenters. The second-order valence-corrected chi connectivity index (χ2v) is 4.37. The number of aromatic nitrogens is 4. The van der Waals surface area contributed by atoms with Crippen molar-refractivity contribution < 1.29 is 20.1 Å². The molecular formula is C10H13N5O4. The Morgan fingerprint density at radius 3 is 2.84 bits per heavy atom. The van der Waals surface area contributed by atoms with Gasteiger partial charge in [-0.05, 0) is 0 Å². The summed E-state index contributed by atoms with van der Waals surface area (Å²) < 4.78 is 5.26. The van der Waals surface area contributed by atoms with Crippen LogP contribution in [0.15, 0.2) is 6.33 Å². The van der Waals surface area contributed by atoms with E-state index < -0.39 is 24.4 Å². The van der Waals surface area contributed by atoms with E-state index in [1.807, 2.05) is 0 Å². The molecule has 2 aromatic rings. The first-order valence-electron chi connectivity index (χ1n) is 5.70. The van der Waals surface area contributed by atoms with Crippen LogP contribution in [0.5, 0.6) is 0 Å². The molecule has 9 heteroatoms. The van der Waals surface area contributed by atoms with E-state index in [0.29, 0.717) is 11.2 Å². The number of rotatable bonds is 1. The van der Waals surface area contributed by atoms with Crippen LogP contribution in [0.2, 0.25) is 0 Å². The Morgan fingerprint density at radius 1 is 1.26 bits per heavy atom. The highest BCUT2D eigenvalue weighted by Gasteiger charge is 2.40. The summed E-state index contributed by atoms with van der Waals surface area (Å²) in [6, 6.07) is 0. The average Bonchev–Trinajstić information content (AvgIpc) is 2.85. The lowest BCUT2D eigenvalue weighted by atomic mass is 9.99. The molecule has 0 unspecified atom stereocenters. The predicted molar refractivity (Wildman–Crippen MR) is 62.8 cm³/mol. The van der Waals surface area contributed by atoms with E-state index in [0.717, 1.165) is 0 Å². The number of nitrogen functional groups attached to an aromatic ring is 1. The maximum absolute atomic E-state index is 9.89. The normalized spacial score (nSPS) is 31.7. The Bertz CT molecular complexity index is 603. The van der Waals surface area contributed by atoms with Crippen molar-refractivity contribution in [2.45, 2.75) is 24.4 Å². The summed E-state index contributed by atoms with van der Waals surface area (Å²) in [5.41, 5.74) is 6.59. The van der Waals surface area contributed by atoms with Crippen molar-refractivity contribution in [1.82, 2.24) is 19.9 Å². The second kappa shape index (κ2) is 4.38. The minimum atomic E-state index is -1.33. The zero-order valence-corrected chi connectivity index (χ0v) is 9.76. The molecule has 19 heavy (non-hydrogen) atoms. The summed E-state index contributed by atoms with van der Waals surface area (Å²) in [4.78, 5) is 14.9. The average molecular weight is 267 g/mol. The largest absolute Gasteiger partial charge is 0.388 e. The summed E-state index contributed by atoms with van der Waals surface area (Å²) in [6.45, 7) is -0.120. The number of H-pyrrole nitrogens is 1. The van der Waals surface area contributed by atoms with E-state index in [9.17, 15) is 15.3 Å². The van der Waals surface area contributed by atoms with Crippen LogP contribution >= 0.6 is 0 Å². The Morgan fingerprint density at radius 2 is 2.05 bits per heavy atom. The van der Waals surface area contributed by atoms with E-state index in [1.54, 1.807) is 0 Å². The van der Waals surface area contributed by atoms with Crippen LogP contribution in [-0.2, 0) is 4.74 Å². The number of aliphatic hydroxyl groups excluding tert-OH is 3. The fourth-order valence-corrected chi connectivity index (χ4v) is 2.03. The Labute approximate surface area is 107 Å². The fourth-order valence-electron chi connectivity index (χ4n) is 2.03. The molecule has 0 saturated carbocycles. The first kappa shape index (κ1) is 12.2. The molecule has 1 fully saturated rings. The number of anilines is 1. The van der Waals surface area contributed by atoms with Crippen LogP contribution in [-0.4, -0.2) is 60.2 Å². The van der Waals surface area contributed by atoms with Crippen LogP contribution in [0.25, 0.3) is 11.2 Å². The van der Waals surface area contributed by atoms with E-state index in [4.69, 9.17) is 10.5 Å². The third-order valence-electron chi connectivity index (χ3n) is 3.09. The van der Waals surface area contributed by atoms with Crippen LogP contribution < -0.4 is 5.73 Å². The van der Waals surface area contributed by atoms with Crippen molar-refractivity contribution >= 4 is 17.0 Å². The van der Waals surface area contributed by atoms with Crippen molar-refractivity contribution in [3.05, 3.63) is 12.2 Å². The summed E-state index contributed by atoms with van der Waals surface area (Å²) in [6.07, 6.45) is -3.33. The Kier molecular flexibility index (Phi) is 2.82. The smallest absolute Gasteiger partial charge is 0.183 e. The molecule has 102 valence electrons. The topological polar surface area (TPSA) is 150 Å². The maximum Gasteiger partial charge on any atom is 0.183 e. The third-order valence-corrected chi connectivity index (χ3v) is 3.09. The van der Waals surface area contributed by atoms with Crippen molar-refractivity contribution in [3.63, 3.8) is 0 Å². The molecule has 0 aliphatic carbocycles. The third kappa shape index (κ3) is 1.92. The lowest BCUT2D eigenvalue weighted by Crippen LogP contribution is -2.49. The number of hydrogen-bond acceptors (Lipinski definition) is 8. The Hall–Kier alpha value is -1.81. The molecule has 1 saturated heterocycles. The van der Waals surface area contributed by atoms with Gasteiger partial charge in [0.1, 0.15) is 29.9 Å². The fraction of sp³-hybridized carbons (Fsp3) is 0.500. The quantitative estimate of drug-likeness (QED) is 0.401. The number of nitrogens with two attached hydrogens (primary N) is 1. The van der Waals surface area contributed by atoms with Gasteiger partial charge in [-0.3, -0.25) is 0 Å². The molecule has 3 heterocycles. The molecule has 6 N–H and O–H groups in total. The van der Waals surface area contributed by atoms with Gasteiger partial charge in [-0.1, -0.05) is 0 Å². The summed E-state index contributed by atoms with van der Waals surface area (Å²) in [5.74, 6) is 0.296. The molecule has 0 aromatic carbocycles. The van der Waals surface area contributed by atoms with Gasteiger partial charge < -0.3 is 30.8 Å². The lowest BCUT2D eigenvalue weighted by Gasteiger charge is -2.34. The summed E-state index contributed by atoms with van der Waals surface area (Å²) in [7, 11) is 0. The molecule has 0 radical (unpaired) electrons. The number of ether oxygens (including phenoxy) is 1. The molecule has 2 aromatic heterocycles. The van der Waals surface area contributed by atoms with Gasteiger partial charge in [-0.25, -0.2) is 15.0 Å². The number of aromatic amines is 1. The van der Waals surface area contributed by atoms with E-state index in [1.165, 1.54) is 6.33 Å². The van der Waals surface area contributed by atoms with Crippen molar-refractivity contribution in [2.24, 2.45) is 0 Å². The first-order chi connectivity index (χ1) is 9.08. The molecule has 0 amide bonds. The van der Waals surface area contributed by atoms with Gasteiger partial charge >= 0.3 is 0 Å².